The summed E-state index contributed by atoms with van der Waals surface area (Å²) >= 11 is 5.91. The lowest BCUT2D eigenvalue weighted by atomic mass is 9.82. The summed E-state index contributed by atoms with van der Waals surface area (Å²) in [5.41, 5.74) is 0.866. The average molecular weight is 523 g/mol. The Hall–Kier alpha value is -3.60. The fourth-order valence-electron chi connectivity index (χ4n) is 4.05. The van der Waals surface area contributed by atoms with Crippen molar-refractivity contribution >= 4 is 40.9 Å². The molecular weight excluding hydrogens is 501 g/mol. The molecule has 1 amide bonds. The van der Waals surface area contributed by atoms with Crippen LogP contribution in [-0.2, 0) is 15.7 Å². The highest BCUT2D eigenvalue weighted by molar-refractivity contribution is 6.33. The first kappa shape index (κ1) is 25.5. The van der Waals surface area contributed by atoms with Crippen LogP contribution < -0.4 is 10.6 Å². The molecule has 1 saturated carbocycles. The fourth-order valence-corrected chi connectivity index (χ4v) is 4.27. The van der Waals surface area contributed by atoms with Crippen LogP contribution in [0.15, 0.2) is 46.9 Å². The number of amides is 1. The quantitative estimate of drug-likeness (QED) is 0.364. The van der Waals surface area contributed by atoms with E-state index in [1.165, 1.54) is 6.92 Å². The van der Waals surface area contributed by atoms with Crippen LogP contribution in [0.4, 0.5) is 30.6 Å². The van der Waals surface area contributed by atoms with Crippen LogP contribution >= 0.6 is 11.6 Å². The zero-order chi connectivity index (χ0) is 25.9. The lowest BCUT2D eigenvalue weighted by molar-refractivity contribution is -0.147. The minimum atomic E-state index is -4.53. The molecule has 0 saturated heterocycles. The molecule has 3 aromatic rings. The van der Waals surface area contributed by atoms with Gasteiger partial charge in [-0.25, -0.2) is 0 Å². The third-order valence-electron chi connectivity index (χ3n) is 5.80. The largest absolute Gasteiger partial charge is 0.463 e. The fraction of sp³-hybridized carbons (Fsp3) is 0.333. The molecule has 36 heavy (non-hydrogen) atoms. The number of alkyl halides is 3. The first-order chi connectivity index (χ1) is 17.1. The van der Waals surface area contributed by atoms with Crippen molar-refractivity contribution < 1.29 is 31.9 Å². The van der Waals surface area contributed by atoms with E-state index in [0.29, 0.717) is 11.6 Å². The summed E-state index contributed by atoms with van der Waals surface area (Å²) in [5.74, 6) is -0.897. The Morgan fingerprint density at radius 3 is 2.36 bits per heavy atom. The third kappa shape index (κ3) is 6.34. The second kappa shape index (κ2) is 10.6. The van der Waals surface area contributed by atoms with Crippen LogP contribution in [0.1, 0.15) is 60.3 Å². The van der Waals surface area contributed by atoms with Gasteiger partial charge in [-0.2, -0.15) is 13.2 Å². The molecule has 1 aliphatic carbocycles. The maximum Gasteiger partial charge on any atom is 0.416 e. The van der Waals surface area contributed by atoms with E-state index >= 15 is 0 Å². The molecule has 1 heterocycles. The highest BCUT2D eigenvalue weighted by Gasteiger charge is 2.31. The Morgan fingerprint density at radius 1 is 1.06 bits per heavy atom. The van der Waals surface area contributed by atoms with E-state index in [-0.39, 0.29) is 34.7 Å². The lowest BCUT2D eigenvalue weighted by Crippen LogP contribution is -2.22. The minimum Gasteiger partial charge on any atom is -0.463 e. The number of rotatable bonds is 6. The number of anilines is 3. The van der Waals surface area contributed by atoms with E-state index < -0.39 is 17.6 Å². The van der Waals surface area contributed by atoms with Gasteiger partial charge in [0, 0.05) is 12.6 Å². The van der Waals surface area contributed by atoms with E-state index in [2.05, 4.69) is 20.8 Å². The van der Waals surface area contributed by atoms with E-state index in [4.69, 9.17) is 20.8 Å². The summed E-state index contributed by atoms with van der Waals surface area (Å²) in [6.07, 6.45) is -1.11. The number of nitrogens with one attached hydrogen (secondary N) is 2. The number of esters is 1. The number of carbonyl (C=O) groups excluding carboxylic acids is 2. The van der Waals surface area contributed by atoms with Crippen molar-refractivity contribution in [3.63, 3.8) is 0 Å². The van der Waals surface area contributed by atoms with E-state index in [1.54, 1.807) is 12.1 Å². The third-order valence-corrected chi connectivity index (χ3v) is 6.12. The SMILES string of the molecule is CC(=O)OC1CCC(c2ccc(NC(=O)c3nnc(Nc4ccc(C(F)(F)F)cc4Cl)o3)cc2)CC1. The highest BCUT2D eigenvalue weighted by atomic mass is 35.5. The topological polar surface area (TPSA) is 106 Å². The first-order valence-electron chi connectivity index (χ1n) is 11.1. The molecule has 4 rings (SSSR count). The van der Waals surface area contributed by atoms with E-state index in [1.807, 2.05) is 12.1 Å². The van der Waals surface area contributed by atoms with Gasteiger partial charge in [0.2, 0.25) is 0 Å². The minimum absolute atomic E-state index is 0.0265. The van der Waals surface area contributed by atoms with E-state index in [0.717, 1.165) is 49.4 Å². The van der Waals surface area contributed by atoms with Crippen molar-refractivity contribution in [2.45, 2.75) is 50.8 Å². The van der Waals surface area contributed by atoms with Crippen molar-refractivity contribution in [2.75, 3.05) is 10.6 Å². The molecule has 0 atom stereocenters. The summed E-state index contributed by atoms with van der Waals surface area (Å²) in [4.78, 5) is 23.6. The van der Waals surface area contributed by atoms with Gasteiger partial charge in [0.1, 0.15) is 6.10 Å². The molecule has 8 nitrogen and oxygen atoms in total. The predicted octanol–water partition coefficient (Wildman–Crippen LogP) is 6.33. The summed E-state index contributed by atoms with van der Waals surface area (Å²) < 4.78 is 48.9. The number of carbonyl (C=O) groups is 2. The molecule has 0 spiro atoms. The molecular formula is C24H22ClF3N4O4. The average Bonchev–Trinajstić information content (AvgIpc) is 3.29. The number of halogens is 4. The van der Waals surface area contributed by atoms with Crippen molar-refractivity contribution in [1.29, 1.82) is 0 Å². The lowest BCUT2D eigenvalue weighted by Gasteiger charge is -2.28. The van der Waals surface area contributed by atoms with Crippen LogP contribution in [0.5, 0.6) is 0 Å². The Labute approximate surface area is 209 Å². The van der Waals surface area contributed by atoms with Gasteiger partial charge in [-0.15, -0.1) is 5.10 Å². The molecule has 1 aromatic heterocycles. The van der Waals surface area contributed by atoms with Crippen LogP contribution in [0.25, 0.3) is 0 Å². The summed E-state index contributed by atoms with van der Waals surface area (Å²) in [6, 6.07) is 9.93. The van der Waals surface area contributed by atoms with E-state index in [9.17, 15) is 22.8 Å². The van der Waals surface area contributed by atoms with Crippen LogP contribution in [-0.4, -0.2) is 28.2 Å². The number of benzene rings is 2. The molecule has 1 aliphatic rings. The summed E-state index contributed by atoms with van der Waals surface area (Å²) in [6.45, 7) is 1.42. The monoisotopic (exact) mass is 522 g/mol. The van der Waals surface area contributed by atoms with Crippen LogP contribution in [0.2, 0.25) is 5.02 Å². The van der Waals surface area contributed by atoms with Gasteiger partial charge >= 0.3 is 30.0 Å². The molecule has 2 aromatic carbocycles. The Kier molecular flexibility index (Phi) is 7.48. The second-order valence-corrected chi connectivity index (χ2v) is 8.80. The van der Waals surface area contributed by atoms with Gasteiger partial charge < -0.3 is 19.8 Å². The standard InChI is InChI=1S/C24H22ClF3N4O4/c1-13(33)35-18-9-4-15(5-10-18)14-2-7-17(8-3-14)29-21(34)22-31-32-23(36-22)30-20-11-6-16(12-19(20)25)24(26,27)28/h2-3,6-8,11-12,15,18H,4-5,9-10H2,1H3,(H,29,34)(H,30,32). The van der Waals surface area contributed by atoms with Crippen molar-refractivity contribution in [2.24, 2.45) is 0 Å². The number of nitrogens with zero attached hydrogens (tertiary/aromatic N) is 2. The normalized spacial score (nSPS) is 17.9. The van der Waals surface area contributed by atoms with Crippen molar-refractivity contribution in [1.82, 2.24) is 10.2 Å². The van der Waals surface area contributed by atoms with Gasteiger partial charge in [-0.3, -0.25) is 9.59 Å². The van der Waals surface area contributed by atoms with Gasteiger partial charge in [0.25, 0.3) is 0 Å². The molecule has 0 bridgehead atoms. The molecule has 190 valence electrons. The highest BCUT2D eigenvalue weighted by Crippen LogP contribution is 2.35. The van der Waals surface area contributed by atoms with Crippen LogP contribution in [0.3, 0.4) is 0 Å². The Morgan fingerprint density at radius 2 is 1.75 bits per heavy atom. The molecule has 2 N–H and O–H groups in total. The molecule has 0 radical (unpaired) electrons. The zero-order valence-electron chi connectivity index (χ0n) is 19.1. The molecule has 12 heteroatoms. The van der Waals surface area contributed by atoms with Crippen LogP contribution in [0, 0.1) is 0 Å². The van der Waals surface area contributed by atoms with Gasteiger partial charge in [-0.1, -0.05) is 28.8 Å². The number of aromatic nitrogens is 2. The maximum atomic E-state index is 12.8. The predicted molar refractivity (Wildman–Crippen MR) is 125 cm³/mol. The molecule has 1 fully saturated rings. The summed E-state index contributed by atoms with van der Waals surface area (Å²) in [5, 5.41) is 12.4. The van der Waals surface area contributed by atoms with Gasteiger partial charge in [-0.05, 0) is 67.5 Å². The number of hydrogen-bond donors (Lipinski definition) is 2. The number of hydrogen-bond acceptors (Lipinski definition) is 7. The van der Waals surface area contributed by atoms with Crippen molar-refractivity contribution in [3.05, 3.63) is 64.5 Å². The molecule has 0 unspecified atom stereocenters. The smallest absolute Gasteiger partial charge is 0.416 e. The Balaban J connectivity index is 1.33. The second-order valence-electron chi connectivity index (χ2n) is 8.39. The first-order valence-corrected chi connectivity index (χ1v) is 11.5. The zero-order valence-corrected chi connectivity index (χ0v) is 19.8. The Bertz CT molecular complexity index is 1240. The van der Waals surface area contributed by atoms with Gasteiger partial charge in [0.15, 0.2) is 0 Å². The summed E-state index contributed by atoms with van der Waals surface area (Å²) in [7, 11) is 0. The number of ether oxygens (including phenoxy) is 1. The van der Waals surface area contributed by atoms with Gasteiger partial charge in [0.05, 0.1) is 16.3 Å². The maximum absolute atomic E-state index is 12.8. The molecule has 0 aliphatic heterocycles. The van der Waals surface area contributed by atoms with Crippen molar-refractivity contribution in [3.8, 4) is 0 Å².